The molecule has 130 valence electrons. The molecule has 0 aliphatic carbocycles. The fourth-order valence-corrected chi connectivity index (χ4v) is 3.02. The summed E-state index contributed by atoms with van der Waals surface area (Å²) in [7, 11) is 0. The quantitative estimate of drug-likeness (QED) is 0.832. The number of amides is 1. The van der Waals surface area contributed by atoms with E-state index >= 15 is 0 Å². The number of phenols is 1. The molecule has 0 bridgehead atoms. The number of nitrogens with zero attached hydrogens (tertiary/aromatic N) is 1. The summed E-state index contributed by atoms with van der Waals surface area (Å²) in [6.07, 6.45) is 1.46. The monoisotopic (exact) mass is 342 g/mol. The maximum absolute atomic E-state index is 12.5. The minimum absolute atomic E-state index is 0. The van der Waals surface area contributed by atoms with Crippen molar-refractivity contribution in [2.45, 2.75) is 32.2 Å². The number of rotatable bonds is 6. The molecule has 5 nitrogen and oxygen atoms in total. The van der Waals surface area contributed by atoms with Crippen molar-refractivity contribution >= 4 is 18.3 Å². The number of halogens is 1. The molecule has 0 aromatic heterocycles. The molecule has 2 N–H and O–H groups in total. The molecule has 0 radical (unpaired) electrons. The van der Waals surface area contributed by atoms with Crippen LogP contribution in [-0.2, 0) is 15.1 Å². The predicted molar refractivity (Wildman–Crippen MR) is 93.0 cm³/mol. The van der Waals surface area contributed by atoms with Crippen LogP contribution in [0.5, 0.6) is 5.75 Å². The fourth-order valence-electron chi connectivity index (χ4n) is 3.02. The van der Waals surface area contributed by atoms with Crippen LogP contribution in [0.4, 0.5) is 0 Å². The van der Waals surface area contributed by atoms with Gasteiger partial charge in [0.2, 0.25) is 5.91 Å². The zero-order valence-corrected chi connectivity index (χ0v) is 14.7. The molecule has 1 aliphatic heterocycles. The Morgan fingerprint density at radius 2 is 1.87 bits per heavy atom. The average molecular weight is 343 g/mol. The Bertz CT molecular complexity index is 500. The van der Waals surface area contributed by atoms with Gasteiger partial charge in [-0.2, -0.15) is 0 Å². The van der Waals surface area contributed by atoms with Gasteiger partial charge in [0.15, 0.2) is 0 Å². The molecule has 0 unspecified atom stereocenters. The Labute approximate surface area is 144 Å². The molecular formula is C17H27ClN2O3. The minimum Gasteiger partial charge on any atom is -0.508 e. The number of nitrogens with one attached hydrogen (secondary N) is 1. The first-order valence-electron chi connectivity index (χ1n) is 8.01. The van der Waals surface area contributed by atoms with Crippen molar-refractivity contribution in [3.63, 3.8) is 0 Å². The SMILES string of the molecule is CCC(CC)(NC(=O)CN1CCOCC1)c1ccccc1O.Cl. The van der Waals surface area contributed by atoms with Crippen LogP contribution in [0, 0.1) is 0 Å². The Morgan fingerprint density at radius 3 is 2.43 bits per heavy atom. The van der Waals surface area contributed by atoms with Crippen molar-refractivity contribution in [2.24, 2.45) is 0 Å². The summed E-state index contributed by atoms with van der Waals surface area (Å²) in [5.74, 6) is 0.228. The van der Waals surface area contributed by atoms with Crippen LogP contribution < -0.4 is 5.32 Å². The molecule has 2 rings (SSSR count). The number of aromatic hydroxyl groups is 1. The van der Waals surface area contributed by atoms with Crippen LogP contribution in [0.15, 0.2) is 24.3 Å². The molecule has 6 heteroatoms. The Kier molecular flexibility index (Phi) is 7.82. The summed E-state index contributed by atoms with van der Waals surface area (Å²) >= 11 is 0. The molecule has 0 spiro atoms. The lowest BCUT2D eigenvalue weighted by molar-refractivity contribution is -0.125. The third-order valence-electron chi connectivity index (χ3n) is 4.48. The van der Waals surface area contributed by atoms with E-state index in [1.54, 1.807) is 12.1 Å². The Hall–Kier alpha value is -1.30. The van der Waals surface area contributed by atoms with Crippen LogP contribution in [0.2, 0.25) is 0 Å². The van der Waals surface area contributed by atoms with E-state index in [2.05, 4.69) is 10.2 Å². The number of phenolic OH excluding ortho intramolecular Hbond substituents is 1. The van der Waals surface area contributed by atoms with Gasteiger partial charge in [-0.25, -0.2) is 0 Å². The van der Waals surface area contributed by atoms with Crippen LogP contribution >= 0.6 is 12.4 Å². The standard InChI is InChI=1S/C17H26N2O3.ClH/c1-3-17(4-2,14-7-5-6-8-15(14)20)18-16(21)13-19-9-11-22-12-10-19;/h5-8,20H,3-4,9-13H2,1-2H3,(H,18,21);1H. The van der Waals surface area contributed by atoms with E-state index < -0.39 is 5.54 Å². The molecule has 23 heavy (non-hydrogen) atoms. The van der Waals surface area contributed by atoms with Crippen molar-refractivity contribution in [3.8, 4) is 5.75 Å². The Morgan fingerprint density at radius 1 is 1.26 bits per heavy atom. The van der Waals surface area contributed by atoms with Crippen LogP contribution in [-0.4, -0.2) is 48.8 Å². The van der Waals surface area contributed by atoms with E-state index in [9.17, 15) is 9.90 Å². The smallest absolute Gasteiger partial charge is 0.234 e. The first-order valence-corrected chi connectivity index (χ1v) is 8.01. The lowest BCUT2D eigenvalue weighted by Crippen LogP contribution is -2.50. The second-order valence-electron chi connectivity index (χ2n) is 5.74. The van der Waals surface area contributed by atoms with Crippen LogP contribution in [0.3, 0.4) is 0 Å². The van der Waals surface area contributed by atoms with Crippen LogP contribution in [0.25, 0.3) is 0 Å². The highest BCUT2D eigenvalue weighted by atomic mass is 35.5. The summed E-state index contributed by atoms with van der Waals surface area (Å²) in [6.45, 7) is 7.37. The first kappa shape index (κ1) is 19.7. The van der Waals surface area contributed by atoms with Crippen LogP contribution in [0.1, 0.15) is 32.3 Å². The fraction of sp³-hybridized carbons (Fsp3) is 0.588. The second kappa shape index (κ2) is 9.11. The highest BCUT2D eigenvalue weighted by Crippen LogP contribution is 2.34. The summed E-state index contributed by atoms with van der Waals surface area (Å²) in [5, 5.41) is 13.3. The van der Waals surface area contributed by atoms with Crippen molar-refractivity contribution in [3.05, 3.63) is 29.8 Å². The number of para-hydroxylation sites is 1. The predicted octanol–water partition coefficient (Wildman–Crippen LogP) is 2.28. The highest BCUT2D eigenvalue weighted by Gasteiger charge is 2.32. The zero-order chi connectivity index (χ0) is 16.0. The molecule has 0 atom stereocenters. The minimum atomic E-state index is -0.519. The van der Waals surface area contributed by atoms with E-state index in [0.29, 0.717) is 19.8 Å². The van der Waals surface area contributed by atoms with Gasteiger partial charge in [0.05, 0.1) is 25.3 Å². The van der Waals surface area contributed by atoms with E-state index in [-0.39, 0.29) is 24.1 Å². The number of ether oxygens (including phenoxy) is 1. The van der Waals surface area contributed by atoms with Gasteiger partial charge in [-0.15, -0.1) is 12.4 Å². The normalized spacial score (nSPS) is 15.7. The number of benzene rings is 1. The molecule has 0 saturated carbocycles. The molecule has 1 heterocycles. The van der Waals surface area contributed by atoms with Gasteiger partial charge in [-0.05, 0) is 18.9 Å². The summed E-state index contributed by atoms with van der Waals surface area (Å²) < 4.78 is 5.30. The topological polar surface area (TPSA) is 61.8 Å². The van der Waals surface area contributed by atoms with E-state index in [4.69, 9.17) is 4.74 Å². The average Bonchev–Trinajstić information content (AvgIpc) is 2.54. The molecule has 1 aliphatic rings. The first-order chi connectivity index (χ1) is 10.6. The van der Waals surface area contributed by atoms with Gasteiger partial charge in [-0.1, -0.05) is 32.0 Å². The van der Waals surface area contributed by atoms with Gasteiger partial charge in [0.1, 0.15) is 5.75 Å². The molecule has 1 aromatic carbocycles. The van der Waals surface area contributed by atoms with E-state index in [1.807, 2.05) is 26.0 Å². The van der Waals surface area contributed by atoms with Crippen molar-refractivity contribution in [1.29, 1.82) is 0 Å². The Balaban J connectivity index is 0.00000264. The van der Waals surface area contributed by atoms with Gasteiger partial charge in [0.25, 0.3) is 0 Å². The lowest BCUT2D eigenvalue weighted by Gasteiger charge is -2.35. The largest absolute Gasteiger partial charge is 0.508 e. The van der Waals surface area contributed by atoms with Gasteiger partial charge in [-0.3, -0.25) is 9.69 Å². The summed E-state index contributed by atoms with van der Waals surface area (Å²) in [4.78, 5) is 14.6. The molecule has 1 saturated heterocycles. The van der Waals surface area contributed by atoms with Gasteiger partial charge in [0, 0.05) is 18.7 Å². The summed E-state index contributed by atoms with van der Waals surface area (Å²) in [6, 6.07) is 7.24. The summed E-state index contributed by atoms with van der Waals surface area (Å²) in [5.41, 5.74) is 0.268. The molecule has 1 fully saturated rings. The van der Waals surface area contributed by atoms with Crippen molar-refractivity contribution < 1.29 is 14.6 Å². The van der Waals surface area contributed by atoms with Gasteiger partial charge < -0.3 is 15.2 Å². The van der Waals surface area contributed by atoms with Gasteiger partial charge >= 0.3 is 0 Å². The zero-order valence-electron chi connectivity index (χ0n) is 13.9. The van der Waals surface area contributed by atoms with E-state index in [0.717, 1.165) is 31.5 Å². The van der Waals surface area contributed by atoms with Crippen molar-refractivity contribution in [2.75, 3.05) is 32.8 Å². The molecule has 1 amide bonds. The lowest BCUT2D eigenvalue weighted by atomic mass is 9.84. The number of carbonyl (C=O) groups is 1. The second-order valence-corrected chi connectivity index (χ2v) is 5.74. The molecule has 1 aromatic rings. The highest BCUT2D eigenvalue weighted by molar-refractivity contribution is 5.85. The third kappa shape index (κ3) is 4.83. The van der Waals surface area contributed by atoms with E-state index in [1.165, 1.54) is 0 Å². The number of morpholine rings is 1. The van der Waals surface area contributed by atoms with Crippen molar-refractivity contribution in [1.82, 2.24) is 10.2 Å². The number of hydrogen-bond acceptors (Lipinski definition) is 4. The number of carbonyl (C=O) groups excluding carboxylic acids is 1. The third-order valence-corrected chi connectivity index (χ3v) is 4.48. The number of hydrogen-bond donors (Lipinski definition) is 2. The maximum atomic E-state index is 12.5. The molecular weight excluding hydrogens is 316 g/mol. The maximum Gasteiger partial charge on any atom is 0.234 e.